The molecule has 0 aliphatic carbocycles. The lowest BCUT2D eigenvalue weighted by Gasteiger charge is -2.07. The van der Waals surface area contributed by atoms with E-state index in [1.165, 1.54) is 0 Å². The first-order valence-corrected chi connectivity index (χ1v) is 6.34. The Balaban J connectivity index is 2.62. The standard InChI is InChI=1S/C15H19NO3/c1-2-11-19-12-15(18)16-14-9-4-3-7-13(14)8-5-6-10-17/h3-4,7,9,17H,2,6,10-12H2,1H3,(H,16,18). The highest BCUT2D eigenvalue weighted by Crippen LogP contribution is 2.13. The van der Waals surface area contributed by atoms with Gasteiger partial charge in [0.2, 0.25) is 5.91 Å². The molecule has 0 bridgehead atoms. The average molecular weight is 261 g/mol. The molecule has 0 aliphatic rings. The lowest BCUT2D eigenvalue weighted by Crippen LogP contribution is -2.19. The summed E-state index contributed by atoms with van der Waals surface area (Å²) in [6.07, 6.45) is 1.30. The van der Waals surface area contributed by atoms with Gasteiger partial charge in [-0.15, -0.1) is 0 Å². The van der Waals surface area contributed by atoms with Crippen molar-refractivity contribution >= 4 is 11.6 Å². The van der Waals surface area contributed by atoms with Gasteiger partial charge in [-0.05, 0) is 18.6 Å². The topological polar surface area (TPSA) is 58.6 Å². The highest BCUT2D eigenvalue weighted by atomic mass is 16.5. The number of amides is 1. The maximum absolute atomic E-state index is 11.6. The minimum absolute atomic E-state index is 0.0341. The molecule has 2 N–H and O–H groups in total. The third kappa shape index (κ3) is 6.05. The summed E-state index contributed by atoms with van der Waals surface area (Å²) >= 11 is 0. The van der Waals surface area contributed by atoms with Crippen molar-refractivity contribution in [3.05, 3.63) is 29.8 Å². The van der Waals surface area contributed by atoms with Gasteiger partial charge in [-0.3, -0.25) is 4.79 Å². The van der Waals surface area contributed by atoms with E-state index in [9.17, 15) is 4.79 Å². The molecule has 0 atom stereocenters. The highest BCUT2D eigenvalue weighted by molar-refractivity contribution is 5.93. The summed E-state index contributed by atoms with van der Waals surface area (Å²) in [6.45, 7) is 2.65. The lowest BCUT2D eigenvalue weighted by molar-refractivity contribution is -0.120. The predicted octanol–water partition coefficient (Wildman–Crippen LogP) is 1.79. The molecule has 0 saturated carbocycles. The van der Waals surface area contributed by atoms with Crippen molar-refractivity contribution in [2.45, 2.75) is 19.8 Å². The van der Waals surface area contributed by atoms with Crippen molar-refractivity contribution in [2.24, 2.45) is 0 Å². The Bertz CT molecular complexity index is 460. The number of aliphatic hydroxyl groups excluding tert-OH is 1. The molecule has 1 aromatic carbocycles. The van der Waals surface area contributed by atoms with Gasteiger partial charge in [0.25, 0.3) is 0 Å². The van der Waals surface area contributed by atoms with Crippen LogP contribution < -0.4 is 5.32 Å². The third-order valence-electron chi connectivity index (χ3n) is 2.24. The third-order valence-corrected chi connectivity index (χ3v) is 2.24. The van der Waals surface area contributed by atoms with E-state index < -0.39 is 0 Å². The van der Waals surface area contributed by atoms with Gasteiger partial charge in [0.05, 0.1) is 12.3 Å². The number of carbonyl (C=O) groups excluding carboxylic acids is 1. The van der Waals surface area contributed by atoms with Gasteiger partial charge in [0.1, 0.15) is 6.61 Å². The summed E-state index contributed by atoms with van der Waals surface area (Å²) in [5, 5.41) is 11.5. The Kier molecular flexibility index (Phi) is 7.33. The monoisotopic (exact) mass is 261 g/mol. The average Bonchev–Trinajstić information content (AvgIpc) is 2.41. The van der Waals surface area contributed by atoms with Gasteiger partial charge >= 0.3 is 0 Å². The molecule has 4 nitrogen and oxygen atoms in total. The maximum Gasteiger partial charge on any atom is 0.250 e. The second kappa shape index (κ2) is 9.15. The number of anilines is 1. The quantitative estimate of drug-likeness (QED) is 0.606. The van der Waals surface area contributed by atoms with E-state index in [1.54, 1.807) is 6.07 Å². The van der Waals surface area contributed by atoms with Crippen LogP contribution in [0.5, 0.6) is 0 Å². The van der Waals surface area contributed by atoms with E-state index in [0.717, 1.165) is 12.0 Å². The van der Waals surface area contributed by atoms with Crippen LogP contribution >= 0.6 is 0 Å². The zero-order valence-electron chi connectivity index (χ0n) is 11.1. The number of nitrogens with one attached hydrogen (secondary N) is 1. The van der Waals surface area contributed by atoms with Crippen LogP contribution in [0.2, 0.25) is 0 Å². The van der Waals surface area contributed by atoms with Crippen LogP contribution in [0.15, 0.2) is 24.3 Å². The fourth-order valence-corrected chi connectivity index (χ4v) is 1.41. The molecule has 0 fully saturated rings. The predicted molar refractivity (Wildman–Crippen MR) is 74.8 cm³/mol. The molecular weight excluding hydrogens is 242 g/mol. The number of rotatable bonds is 6. The summed E-state index contributed by atoms with van der Waals surface area (Å²) in [7, 11) is 0. The minimum atomic E-state index is -0.190. The molecule has 0 aromatic heterocycles. The summed E-state index contributed by atoms with van der Waals surface area (Å²) in [4.78, 5) is 11.6. The molecule has 4 heteroatoms. The van der Waals surface area contributed by atoms with Gasteiger partial charge in [0, 0.05) is 18.6 Å². The van der Waals surface area contributed by atoms with E-state index in [0.29, 0.717) is 18.7 Å². The molecule has 1 amide bonds. The first-order chi connectivity index (χ1) is 9.27. The van der Waals surface area contributed by atoms with Gasteiger partial charge in [-0.25, -0.2) is 0 Å². The molecule has 0 unspecified atom stereocenters. The Labute approximate surface area is 113 Å². The number of carbonyl (C=O) groups is 1. The Morgan fingerprint density at radius 3 is 2.95 bits per heavy atom. The van der Waals surface area contributed by atoms with E-state index >= 15 is 0 Å². The maximum atomic E-state index is 11.6. The first-order valence-electron chi connectivity index (χ1n) is 6.34. The fraction of sp³-hybridized carbons (Fsp3) is 0.400. The first kappa shape index (κ1) is 15.2. The molecule has 0 radical (unpaired) electrons. The zero-order chi connectivity index (χ0) is 13.9. The molecule has 1 aromatic rings. The van der Waals surface area contributed by atoms with E-state index in [-0.39, 0.29) is 19.1 Å². The van der Waals surface area contributed by atoms with Crippen molar-refractivity contribution in [3.63, 3.8) is 0 Å². The normalized spacial score (nSPS) is 9.58. The van der Waals surface area contributed by atoms with Crippen LogP contribution in [0.3, 0.4) is 0 Å². The van der Waals surface area contributed by atoms with Crippen LogP contribution in [-0.2, 0) is 9.53 Å². The van der Waals surface area contributed by atoms with Gasteiger partial charge in [-0.2, -0.15) is 0 Å². The number of para-hydroxylation sites is 1. The largest absolute Gasteiger partial charge is 0.395 e. The lowest BCUT2D eigenvalue weighted by atomic mass is 10.1. The fourth-order valence-electron chi connectivity index (χ4n) is 1.41. The molecule has 0 heterocycles. The molecule has 0 aliphatic heterocycles. The summed E-state index contributed by atoms with van der Waals surface area (Å²) < 4.78 is 5.17. The number of ether oxygens (including phenoxy) is 1. The minimum Gasteiger partial charge on any atom is -0.395 e. The van der Waals surface area contributed by atoms with Gasteiger partial charge in [-0.1, -0.05) is 30.9 Å². The van der Waals surface area contributed by atoms with Crippen LogP contribution in [0.4, 0.5) is 5.69 Å². The number of hydrogen-bond donors (Lipinski definition) is 2. The molecule has 1 rings (SSSR count). The van der Waals surface area contributed by atoms with Crippen molar-refractivity contribution in [1.29, 1.82) is 0 Å². The van der Waals surface area contributed by atoms with Gasteiger partial charge < -0.3 is 15.2 Å². The van der Waals surface area contributed by atoms with Crippen LogP contribution in [0, 0.1) is 11.8 Å². The number of benzene rings is 1. The Hall–Kier alpha value is -1.83. The molecule has 102 valence electrons. The molecule has 0 spiro atoms. The summed E-state index contributed by atoms with van der Waals surface area (Å²) in [6, 6.07) is 7.31. The second-order valence-electron chi connectivity index (χ2n) is 3.92. The molecular formula is C15H19NO3. The van der Waals surface area contributed by atoms with Crippen LogP contribution in [-0.4, -0.2) is 30.8 Å². The zero-order valence-corrected chi connectivity index (χ0v) is 11.1. The van der Waals surface area contributed by atoms with Crippen molar-refractivity contribution in [1.82, 2.24) is 0 Å². The Morgan fingerprint density at radius 1 is 1.42 bits per heavy atom. The van der Waals surface area contributed by atoms with Crippen molar-refractivity contribution in [2.75, 3.05) is 25.1 Å². The smallest absolute Gasteiger partial charge is 0.250 e. The van der Waals surface area contributed by atoms with Crippen LogP contribution in [0.1, 0.15) is 25.3 Å². The number of aliphatic hydroxyl groups is 1. The van der Waals surface area contributed by atoms with Crippen LogP contribution in [0.25, 0.3) is 0 Å². The highest BCUT2D eigenvalue weighted by Gasteiger charge is 2.04. The summed E-state index contributed by atoms with van der Waals surface area (Å²) in [5.74, 6) is 5.57. The van der Waals surface area contributed by atoms with E-state index in [4.69, 9.17) is 9.84 Å². The SMILES string of the molecule is CCCOCC(=O)Nc1ccccc1C#CCCO. The van der Waals surface area contributed by atoms with Crippen molar-refractivity contribution < 1.29 is 14.6 Å². The number of hydrogen-bond acceptors (Lipinski definition) is 3. The van der Waals surface area contributed by atoms with E-state index in [1.807, 2.05) is 25.1 Å². The summed E-state index contributed by atoms with van der Waals surface area (Å²) in [5.41, 5.74) is 1.40. The molecule has 0 saturated heterocycles. The Morgan fingerprint density at radius 2 is 2.21 bits per heavy atom. The molecule has 19 heavy (non-hydrogen) atoms. The van der Waals surface area contributed by atoms with Crippen molar-refractivity contribution in [3.8, 4) is 11.8 Å². The van der Waals surface area contributed by atoms with E-state index in [2.05, 4.69) is 17.2 Å². The second-order valence-corrected chi connectivity index (χ2v) is 3.92. The van der Waals surface area contributed by atoms with Gasteiger partial charge in [0.15, 0.2) is 0 Å².